The second-order valence-electron chi connectivity index (χ2n) is 8.34. The van der Waals surface area contributed by atoms with Crippen LogP contribution >= 0.6 is 24.0 Å². The molecule has 0 aromatic rings. The van der Waals surface area contributed by atoms with E-state index < -0.39 is 0 Å². The molecular weight excluding hydrogens is 352 g/mol. The normalized spacial score (nSPS) is 36.9. The highest BCUT2D eigenvalue weighted by molar-refractivity contribution is 8.26. The molecule has 0 spiro atoms. The maximum absolute atomic E-state index is 12.6. The van der Waals surface area contributed by atoms with Crippen LogP contribution in [0.1, 0.15) is 57.8 Å². The van der Waals surface area contributed by atoms with Gasteiger partial charge in [0.2, 0.25) is 5.91 Å². The van der Waals surface area contributed by atoms with E-state index in [1.165, 1.54) is 50.3 Å². The first-order valence-electron chi connectivity index (χ1n) is 9.49. The largest absolute Gasteiger partial charge is 0.351 e. The number of carbonyl (C=O) groups excluding carboxylic acids is 2. The van der Waals surface area contributed by atoms with E-state index >= 15 is 0 Å². The zero-order valence-corrected chi connectivity index (χ0v) is 16.2. The first-order chi connectivity index (χ1) is 12.0. The predicted octanol–water partition coefficient (Wildman–Crippen LogP) is 3.62. The minimum atomic E-state index is -0.104. The highest BCUT2D eigenvalue weighted by Crippen LogP contribution is 2.55. The minimum absolute atomic E-state index is 0.0544. The van der Waals surface area contributed by atoms with E-state index in [1.807, 2.05) is 0 Å². The molecular formula is C19H26N2O2S2. The lowest BCUT2D eigenvalue weighted by molar-refractivity contribution is -0.125. The summed E-state index contributed by atoms with van der Waals surface area (Å²) in [7, 11) is 0. The monoisotopic (exact) mass is 378 g/mol. The van der Waals surface area contributed by atoms with Gasteiger partial charge in [0.25, 0.3) is 5.91 Å². The van der Waals surface area contributed by atoms with Crippen LogP contribution in [0.2, 0.25) is 0 Å². The lowest BCUT2D eigenvalue weighted by atomic mass is 9.73. The van der Waals surface area contributed by atoms with E-state index in [-0.39, 0.29) is 17.4 Å². The van der Waals surface area contributed by atoms with Crippen LogP contribution in [0.25, 0.3) is 0 Å². The SMILES string of the molecule is C=C1SC(=S)N(CCCC(=O)NC23CCCC4CC(CC4C2)C3)C1=O. The average molecular weight is 379 g/mol. The molecule has 0 aromatic carbocycles. The van der Waals surface area contributed by atoms with Crippen LogP contribution in [0.15, 0.2) is 11.5 Å². The Hall–Kier alpha value is -0.880. The van der Waals surface area contributed by atoms with E-state index in [0.29, 0.717) is 28.6 Å². The summed E-state index contributed by atoms with van der Waals surface area (Å²) in [4.78, 5) is 26.6. The van der Waals surface area contributed by atoms with Crippen LogP contribution in [-0.4, -0.2) is 33.1 Å². The molecule has 4 atom stereocenters. The fraction of sp³-hybridized carbons (Fsp3) is 0.737. The van der Waals surface area contributed by atoms with Gasteiger partial charge in [0.05, 0.1) is 4.91 Å². The molecule has 25 heavy (non-hydrogen) atoms. The topological polar surface area (TPSA) is 49.4 Å². The highest BCUT2D eigenvalue weighted by Gasteiger charge is 2.50. The van der Waals surface area contributed by atoms with Gasteiger partial charge in [0.15, 0.2) is 0 Å². The molecule has 3 saturated carbocycles. The number of carbonyl (C=O) groups is 2. The summed E-state index contributed by atoms with van der Waals surface area (Å²) in [5.74, 6) is 2.62. The van der Waals surface area contributed by atoms with Gasteiger partial charge in [0, 0.05) is 18.5 Å². The quantitative estimate of drug-likeness (QED) is 0.586. The third kappa shape index (κ3) is 3.39. The van der Waals surface area contributed by atoms with Crippen molar-refractivity contribution in [2.24, 2.45) is 17.8 Å². The molecule has 0 radical (unpaired) electrons. The summed E-state index contributed by atoms with van der Waals surface area (Å²) in [5, 5.41) is 3.42. The van der Waals surface area contributed by atoms with Crippen molar-refractivity contribution in [2.45, 2.75) is 63.3 Å². The third-order valence-electron chi connectivity index (χ3n) is 6.61. The van der Waals surface area contributed by atoms with Crippen molar-refractivity contribution >= 4 is 40.1 Å². The smallest absolute Gasteiger partial charge is 0.265 e. The Bertz CT molecular complexity index is 635. The van der Waals surface area contributed by atoms with Gasteiger partial charge >= 0.3 is 0 Å². The number of thioether (sulfide) groups is 1. The zero-order chi connectivity index (χ0) is 17.6. The van der Waals surface area contributed by atoms with E-state index in [9.17, 15) is 9.59 Å². The van der Waals surface area contributed by atoms with E-state index in [0.717, 1.165) is 24.2 Å². The molecule has 1 heterocycles. The van der Waals surface area contributed by atoms with Gasteiger partial charge in [0.1, 0.15) is 4.32 Å². The number of thiocarbonyl (C=S) groups is 1. The number of hydrogen-bond acceptors (Lipinski definition) is 4. The second-order valence-corrected chi connectivity index (χ2v) is 10.1. The molecule has 3 aliphatic carbocycles. The summed E-state index contributed by atoms with van der Waals surface area (Å²) in [6.45, 7) is 4.23. The molecule has 1 saturated heterocycles. The van der Waals surface area contributed by atoms with E-state index in [4.69, 9.17) is 12.2 Å². The number of nitrogens with one attached hydrogen (secondary N) is 1. The van der Waals surface area contributed by atoms with Crippen LogP contribution in [0.4, 0.5) is 0 Å². The molecule has 4 aliphatic rings. The fourth-order valence-corrected chi connectivity index (χ4v) is 6.87. The molecule has 6 heteroatoms. The van der Waals surface area contributed by atoms with Crippen molar-refractivity contribution in [3.05, 3.63) is 11.5 Å². The van der Waals surface area contributed by atoms with Crippen molar-refractivity contribution in [1.82, 2.24) is 10.2 Å². The van der Waals surface area contributed by atoms with Crippen LogP contribution in [0.3, 0.4) is 0 Å². The third-order valence-corrected chi connectivity index (χ3v) is 7.89. The van der Waals surface area contributed by atoms with Crippen LogP contribution in [0, 0.1) is 17.8 Å². The molecule has 3 bridgehead atoms. The van der Waals surface area contributed by atoms with Gasteiger partial charge in [-0.3, -0.25) is 14.5 Å². The summed E-state index contributed by atoms with van der Waals surface area (Å²) < 4.78 is 0.563. The van der Waals surface area contributed by atoms with E-state index in [1.54, 1.807) is 4.90 Å². The number of hydrogen-bond donors (Lipinski definition) is 1. The van der Waals surface area contributed by atoms with Crippen molar-refractivity contribution in [3.63, 3.8) is 0 Å². The summed E-state index contributed by atoms with van der Waals surface area (Å²) in [6, 6.07) is 0. The second kappa shape index (κ2) is 6.69. The van der Waals surface area contributed by atoms with Crippen LogP contribution < -0.4 is 5.32 Å². The number of amides is 2. The number of rotatable bonds is 5. The predicted molar refractivity (Wildman–Crippen MR) is 104 cm³/mol. The zero-order valence-electron chi connectivity index (χ0n) is 14.6. The fourth-order valence-electron chi connectivity index (χ4n) is 5.70. The first kappa shape index (κ1) is 17.5. The Labute approximate surface area is 159 Å². The molecule has 1 N–H and O–H groups in total. The lowest BCUT2D eigenvalue weighted by Crippen LogP contribution is -2.51. The summed E-state index contributed by atoms with van der Waals surface area (Å²) >= 11 is 6.46. The molecule has 136 valence electrons. The van der Waals surface area contributed by atoms with Gasteiger partial charge < -0.3 is 5.32 Å². The average Bonchev–Trinajstić information content (AvgIpc) is 2.91. The number of nitrogens with zero attached hydrogens (tertiary/aromatic N) is 1. The van der Waals surface area contributed by atoms with Gasteiger partial charge in [-0.2, -0.15) is 0 Å². The molecule has 1 aliphatic heterocycles. The molecule has 2 amide bonds. The standard InChI is InChI=1S/C19H26N2O2S2/c1-12-17(23)21(18(24)25-12)7-3-5-16(22)20-19-6-2-4-14-8-13(10-19)9-15(14)11-19/h13-15H,1-11H2,(H,20,22). The van der Waals surface area contributed by atoms with Crippen molar-refractivity contribution in [3.8, 4) is 0 Å². The summed E-state index contributed by atoms with van der Waals surface area (Å²) in [5.41, 5.74) is 0.0544. The maximum atomic E-state index is 12.6. The minimum Gasteiger partial charge on any atom is -0.351 e. The Morgan fingerprint density at radius 2 is 2.16 bits per heavy atom. The highest BCUT2D eigenvalue weighted by atomic mass is 32.2. The molecule has 4 fully saturated rings. The van der Waals surface area contributed by atoms with Gasteiger partial charge in [-0.1, -0.05) is 43.4 Å². The van der Waals surface area contributed by atoms with Crippen LogP contribution in [0.5, 0.6) is 0 Å². The van der Waals surface area contributed by atoms with Gasteiger partial charge in [-0.15, -0.1) is 0 Å². The van der Waals surface area contributed by atoms with Gasteiger partial charge in [-0.05, 0) is 56.3 Å². The molecule has 0 aromatic heterocycles. The van der Waals surface area contributed by atoms with E-state index in [2.05, 4.69) is 11.9 Å². The Morgan fingerprint density at radius 3 is 2.92 bits per heavy atom. The molecule has 4 unspecified atom stereocenters. The van der Waals surface area contributed by atoms with Crippen molar-refractivity contribution in [1.29, 1.82) is 0 Å². The number of fused-ring (bicyclic) bond motifs is 2. The van der Waals surface area contributed by atoms with Gasteiger partial charge in [-0.25, -0.2) is 0 Å². The lowest BCUT2D eigenvalue weighted by Gasteiger charge is -2.41. The first-order valence-corrected chi connectivity index (χ1v) is 10.7. The van der Waals surface area contributed by atoms with Crippen molar-refractivity contribution < 1.29 is 9.59 Å². The van der Waals surface area contributed by atoms with Crippen LogP contribution in [-0.2, 0) is 9.59 Å². The molecule has 4 rings (SSSR count). The Balaban J connectivity index is 1.30. The van der Waals surface area contributed by atoms with Crippen molar-refractivity contribution in [2.75, 3.05) is 6.54 Å². The Morgan fingerprint density at radius 1 is 1.36 bits per heavy atom. The maximum Gasteiger partial charge on any atom is 0.265 e. The summed E-state index contributed by atoms with van der Waals surface area (Å²) in [6.07, 6.45) is 10.0. The Kier molecular flexibility index (Phi) is 4.69. The molecule has 4 nitrogen and oxygen atoms in total.